The van der Waals surface area contributed by atoms with Crippen molar-refractivity contribution in [3.8, 4) is 5.75 Å². The number of carboxylic acids is 1. The average Bonchev–Trinajstić information content (AvgIpc) is 2.58. The first-order chi connectivity index (χ1) is 11.2. The molecule has 0 aliphatic heterocycles. The number of para-hydroxylation sites is 1. The topological polar surface area (TPSA) is 85.2 Å². The summed E-state index contributed by atoms with van der Waals surface area (Å²) in [6.45, 7) is 0. The fraction of sp³-hybridized carbons (Fsp3) is 0.0588. The average molecular weight is 305 g/mol. The summed E-state index contributed by atoms with van der Waals surface area (Å²) in [5.74, 6) is -0.347. The van der Waals surface area contributed by atoms with E-state index in [1.807, 2.05) is 12.1 Å². The van der Waals surface area contributed by atoms with Gasteiger partial charge in [-0.25, -0.2) is 14.8 Å². The lowest BCUT2D eigenvalue weighted by molar-refractivity contribution is 0.0699. The van der Waals surface area contributed by atoms with Gasteiger partial charge >= 0.3 is 5.97 Å². The number of ether oxygens (including phenoxy) is 1. The predicted molar refractivity (Wildman–Crippen MR) is 85.9 cm³/mol. The molecule has 0 saturated heterocycles. The molecule has 0 fully saturated rings. The Morgan fingerprint density at radius 3 is 2.61 bits per heavy atom. The molecule has 2 heterocycles. The molecule has 6 heteroatoms. The van der Waals surface area contributed by atoms with Gasteiger partial charge in [0.05, 0.1) is 23.7 Å². The predicted octanol–water partition coefficient (Wildman–Crippen LogP) is 3.04. The second-order valence-electron chi connectivity index (χ2n) is 5.04. The SMILES string of the molecule is COc1ccnc2c1ccc1nc3cccc(C(=O)O)c3nc12. The minimum atomic E-state index is -1.03. The standard InChI is InChI=1S/C17H11N3O3/c1-23-13-7-8-18-15-9(13)5-6-12-16(15)20-14-10(17(21)22)3-2-4-11(14)19-12/h2-8H,1H3,(H,21,22). The molecular weight excluding hydrogens is 294 g/mol. The minimum Gasteiger partial charge on any atom is -0.496 e. The highest BCUT2D eigenvalue weighted by atomic mass is 16.5. The smallest absolute Gasteiger partial charge is 0.337 e. The van der Waals surface area contributed by atoms with E-state index in [-0.39, 0.29) is 5.56 Å². The highest BCUT2D eigenvalue weighted by molar-refractivity contribution is 6.08. The van der Waals surface area contributed by atoms with E-state index in [1.165, 1.54) is 6.07 Å². The number of pyridine rings is 1. The van der Waals surface area contributed by atoms with Crippen molar-refractivity contribution in [1.29, 1.82) is 0 Å². The van der Waals surface area contributed by atoms with Crippen LogP contribution in [0.3, 0.4) is 0 Å². The van der Waals surface area contributed by atoms with E-state index in [2.05, 4.69) is 15.0 Å². The van der Waals surface area contributed by atoms with Gasteiger partial charge in [-0.15, -0.1) is 0 Å². The lowest BCUT2D eigenvalue weighted by atomic mass is 10.1. The maximum Gasteiger partial charge on any atom is 0.337 e. The Labute approximate surface area is 130 Å². The van der Waals surface area contributed by atoms with Crippen LogP contribution in [0, 0.1) is 0 Å². The van der Waals surface area contributed by atoms with Gasteiger partial charge in [-0.3, -0.25) is 4.98 Å². The van der Waals surface area contributed by atoms with Gasteiger partial charge in [0.15, 0.2) is 0 Å². The number of nitrogens with zero attached hydrogens (tertiary/aromatic N) is 3. The van der Waals surface area contributed by atoms with Crippen LogP contribution >= 0.6 is 0 Å². The number of carbonyl (C=O) groups is 1. The molecule has 0 radical (unpaired) electrons. The van der Waals surface area contributed by atoms with Crippen LogP contribution in [0.2, 0.25) is 0 Å². The highest BCUT2D eigenvalue weighted by Crippen LogP contribution is 2.29. The molecule has 2 aromatic carbocycles. The van der Waals surface area contributed by atoms with E-state index in [0.29, 0.717) is 33.3 Å². The van der Waals surface area contributed by atoms with Crippen LogP contribution in [0.15, 0.2) is 42.6 Å². The highest BCUT2D eigenvalue weighted by Gasteiger charge is 2.14. The zero-order valence-electron chi connectivity index (χ0n) is 12.1. The Morgan fingerprint density at radius 2 is 1.83 bits per heavy atom. The van der Waals surface area contributed by atoms with E-state index < -0.39 is 5.97 Å². The number of fused-ring (bicyclic) bond motifs is 4. The zero-order chi connectivity index (χ0) is 16.0. The second kappa shape index (κ2) is 4.88. The number of hydrogen-bond donors (Lipinski definition) is 1. The summed E-state index contributed by atoms with van der Waals surface area (Å²) in [5.41, 5.74) is 2.87. The molecule has 0 spiro atoms. The van der Waals surface area contributed by atoms with Crippen LogP contribution in [0.5, 0.6) is 5.75 Å². The van der Waals surface area contributed by atoms with Gasteiger partial charge in [0.25, 0.3) is 0 Å². The number of aromatic nitrogens is 3. The van der Waals surface area contributed by atoms with Crippen LogP contribution in [0.4, 0.5) is 0 Å². The van der Waals surface area contributed by atoms with Crippen LogP contribution in [0.25, 0.3) is 33.0 Å². The summed E-state index contributed by atoms with van der Waals surface area (Å²) in [7, 11) is 1.59. The van der Waals surface area contributed by atoms with Gasteiger partial charge in [-0.1, -0.05) is 6.07 Å². The first-order valence-corrected chi connectivity index (χ1v) is 6.94. The normalized spacial score (nSPS) is 11.2. The molecule has 6 nitrogen and oxygen atoms in total. The van der Waals surface area contributed by atoms with Gasteiger partial charge in [0, 0.05) is 11.6 Å². The molecular formula is C17H11N3O3. The van der Waals surface area contributed by atoms with Crippen LogP contribution in [-0.2, 0) is 0 Å². The Bertz CT molecular complexity index is 1090. The van der Waals surface area contributed by atoms with Crippen LogP contribution in [0.1, 0.15) is 10.4 Å². The quantitative estimate of drug-likeness (QED) is 0.452. The summed E-state index contributed by atoms with van der Waals surface area (Å²) < 4.78 is 5.34. The van der Waals surface area contributed by atoms with Gasteiger partial charge < -0.3 is 9.84 Å². The maximum atomic E-state index is 11.4. The molecule has 0 aliphatic rings. The molecule has 2 aromatic heterocycles. The van der Waals surface area contributed by atoms with Crippen molar-refractivity contribution in [2.24, 2.45) is 0 Å². The molecule has 0 amide bonds. The third-order valence-corrected chi connectivity index (χ3v) is 3.75. The van der Waals surface area contributed by atoms with Crippen molar-refractivity contribution < 1.29 is 14.6 Å². The molecule has 1 N–H and O–H groups in total. The van der Waals surface area contributed by atoms with E-state index in [4.69, 9.17) is 4.74 Å². The molecule has 4 rings (SSSR count). The van der Waals surface area contributed by atoms with E-state index in [1.54, 1.807) is 31.5 Å². The Balaban J connectivity index is 2.19. The minimum absolute atomic E-state index is 0.122. The third-order valence-electron chi connectivity index (χ3n) is 3.75. The summed E-state index contributed by atoms with van der Waals surface area (Å²) in [6.07, 6.45) is 1.63. The van der Waals surface area contributed by atoms with Crippen molar-refractivity contribution in [2.45, 2.75) is 0 Å². The number of hydrogen-bond acceptors (Lipinski definition) is 5. The lowest BCUT2D eigenvalue weighted by Crippen LogP contribution is -2.00. The third kappa shape index (κ3) is 1.96. The zero-order valence-corrected chi connectivity index (χ0v) is 12.1. The van der Waals surface area contributed by atoms with Gasteiger partial charge in [0.2, 0.25) is 0 Å². The summed E-state index contributed by atoms with van der Waals surface area (Å²) in [6, 6.07) is 10.4. The fourth-order valence-electron chi connectivity index (χ4n) is 2.70. The number of methoxy groups -OCH3 is 1. The summed E-state index contributed by atoms with van der Waals surface area (Å²) in [4.78, 5) is 24.8. The largest absolute Gasteiger partial charge is 0.496 e. The van der Waals surface area contributed by atoms with Gasteiger partial charge in [0.1, 0.15) is 22.3 Å². The van der Waals surface area contributed by atoms with Crippen molar-refractivity contribution in [2.75, 3.05) is 7.11 Å². The lowest BCUT2D eigenvalue weighted by Gasteiger charge is -2.08. The van der Waals surface area contributed by atoms with E-state index in [0.717, 1.165) is 5.39 Å². The molecule has 0 atom stereocenters. The van der Waals surface area contributed by atoms with E-state index >= 15 is 0 Å². The second-order valence-corrected chi connectivity index (χ2v) is 5.04. The van der Waals surface area contributed by atoms with Crippen LogP contribution < -0.4 is 4.74 Å². The van der Waals surface area contributed by atoms with Crippen molar-refractivity contribution in [3.63, 3.8) is 0 Å². The fourth-order valence-corrected chi connectivity index (χ4v) is 2.70. The Morgan fingerprint density at radius 1 is 1.00 bits per heavy atom. The Hall–Kier alpha value is -3.28. The monoisotopic (exact) mass is 305 g/mol. The van der Waals surface area contributed by atoms with Crippen LogP contribution in [-0.4, -0.2) is 33.1 Å². The summed E-state index contributed by atoms with van der Waals surface area (Å²) in [5, 5.41) is 10.2. The number of rotatable bonds is 2. The number of benzene rings is 2. The maximum absolute atomic E-state index is 11.4. The molecule has 0 bridgehead atoms. The van der Waals surface area contributed by atoms with Crippen molar-refractivity contribution >= 4 is 38.9 Å². The molecule has 4 aromatic rings. The molecule has 0 unspecified atom stereocenters. The Kier molecular flexibility index (Phi) is 2.84. The first-order valence-electron chi connectivity index (χ1n) is 6.94. The van der Waals surface area contributed by atoms with Crippen molar-refractivity contribution in [3.05, 3.63) is 48.2 Å². The van der Waals surface area contributed by atoms with Crippen molar-refractivity contribution in [1.82, 2.24) is 15.0 Å². The first kappa shape index (κ1) is 13.4. The molecule has 23 heavy (non-hydrogen) atoms. The number of aromatic carboxylic acids is 1. The van der Waals surface area contributed by atoms with E-state index in [9.17, 15) is 9.90 Å². The summed E-state index contributed by atoms with van der Waals surface area (Å²) >= 11 is 0. The van der Waals surface area contributed by atoms with Gasteiger partial charge in [-0.05, 0) is 30.3 Å². The molecule has 112 valence electrons. The molecule has 0 aliphatic carbocycles. The number of carboxylic acid groups (broad SMARTS) is 1. The molecule has 0 saturated carbocycles. The van der Waals surface area contributed by atoms with Gasteiger partial charge in [-0.2, -0.15) is 0 Å².